The molecule has 0 spiro atoms. The normalized spacial score (nSPS) is 15.1. The fraction of sp³-hybridized carbons (Fsp3) is 0.429. The third-order valence-corrected chi connectivity index (χ3v) is 3.70. The van der Waals surface area contributed by atoms with Crippen molar-refractivity contribution in [2.75, 3.05) is 7.11 Å². The maximum atomic E-state index is 11.2. The molecule has 0 N–H and O–H groups in total. The summed E-state index contributed by atoms with van der Waals surface area (Å²) in [6.07, 6.45) is 0.966. The molecule has 1 aromatic carbocycles. The Morgan fingerprint density at radius 1 is 1.42 bits per heavy atom. The summed E-state index contributed by atoms with van der Waals surface area (Å²) in [4.78, 5) is 22.3. The van der Waals surface area contributed by atoms with E-state index < -0.39 is 5.97 Å². The number of carbonyl (C=O) groups is 2. The van der Waals surface area contributed by atoms with E-state index in [1.165, 1.54) is 14.0 Å². The Balaban J connectivity index is 2.52. The molecule has 1 saturated carbocycles. The van der Waals surface area contributed by atoms with Gasteiger partial charge in [0.2, 0.25) is 0 Å². The van der Waals surface area contributed by atoms with Crippen LogP contribution < -0.4 is 9.47 Å². The lowest BCUT2D eigenvalue weighted by molar-refractivity contribution is -0.132. The number of methoxy groups -OCH3 is 1. The van der Waals surface area contributed by atoms with Crippen LogP contribution in [0.25, 0.3) is 0 Å². The highest BCUT2D eigenvalue weighted by Gasteiger charge is 2.33. The van der Waals surface area contributed by atoms with E-state index in [0.29, 0.717) is 29.4 Å². The maximum absolute atomic E-state index is 11.2. The fourth-order valence-electron chi connectivity index (χ4n) is 2.35. The average molecular weight is 283 g/mol. The Morgan fingerprint density at radius 3 is 2.53 bits per heavy atom. The summed E-state index contributed by atoms with van der Waals surface area (Å²) in [5.74, 6) is 0.680. The van der Waals surface area contributed by atoms with Gasteiger partial charge in [-0.05, 0) is 12.5 Å². The molecule has 19 heavy (non-hydrogen) atoms. The Labute approximate surface area is 116 Å². The molecule has 0 amide bonds. The van der Waals surface area contributed by atoms with Crippen LogP contribution in [0, 0.1) is 6.92 Å². The van der Waals surface area contributed by atoms with E-state index in [2.05, 4.69) is 0 Å². The summed E-state index contributed by atoms with van der Waals surface area (Å²) in [6, 6.07) is 1.57. The van der Waals surface area contributed by atoms with Crippen molar-refractivity contribution >= 4 is 23.4 Å². The van der Waals surface area contributed by atoms with E-state index >= 15 is 0 Å². The van der Waals surface area contributed by atoms with Gasteiger partial charge >= 0.3 is 5.97 Å². The minimum Gasteiger partial charge on any atom is -0.493 e. The third-order valence-electron chi connectivity index (χ3n) is 3.30. The van der Waals surface area contributed by atoms with Crippen molar-refractivity contribution in [2.24, 2.45) is 0 Å². The van der Waals surface area contributed by atoms with E-state index in [0.717, 1.165) is 11.1 Å². The van der Waals surface area contributed by atoms with Crippen LogP contribution in [-0.2, 0) is 9.59 Å². The average Bonchev–Trinajstić information content (AvgIpc) is 2.29. The lowest BCUT2D eigenvalue weighted by Gasteiger charge is -2.28. The molecule has 0 heterocycles. The van der Waals surface area contributed by atoms with Crippen molar-refractivity contribution in [1.29, 1.82) is 0 Å². The summed E-state index contributed by atoms with van der Waals surface area (Å²) in [7, 11) is 1.51. The molecule has 0 atom stereocenters. The van der Waals surface area contributed by atoms with E-state index in [9.17, 15) is 9.59 Å². The van der Waals surface area contributed by atoms with Gasteiger partial charge in [0.15, 0.2) is 11.5 Å². The Morgan fingerprint density at radius 2 is 2.05 bits per heavy atom. The van der Waals surface area contributed by atoms with Crippen molar-refractivity contribution < 1.29 is 19.1 Å². The Kier molecular flexibility index (Phi) is 3.80. The second kappa shape index (κ2) is 5.21. The first-order valence-electron chi connectivity index (χ1n) is 6.01. The minimum atomic E-state index is -0.436. The molecule has 1 aliphatic rings. The largest absolute Gasteiger partial charge is 0.493 e. The molecule has 102 valence electrons. The molecular formula is C14H15ClO4. The van der Waals surface area contributed by atoms with Gasteiger partial charge in [0.1, 0.15) is 5.78 Å². The van der Waals surface area contributed by atoms with E-state index in [4.69, 9.17) is 21.1 Å². The van der Waals surface area contributed by atoms with Crippen LogP contribution in [0.3, 0.4) is 0 Å². The molecule has 4 nitrogen and oxygen atoms in total. The van der Waals surface area contributed by atoms with Gasteiger partial charge in [0.25, 0.3) is 0 Å². The summed E-state index contributed by atoms with van der Waals surface area (Å²) in [5, 5.41) is 0.506. The number of ether oxygens (including phenoxy) is 2. The summed E-state index contributed by atoms with van der Waals surface area (Å²) in [6.45, 7) is 3.19. The molecule has 0 unspecified atom stereocenters. The van der Waals surface area contributed by atoms with Crippen molar-refractivity contribution in [2.45, 2.75) is 32.6 Å². The van der Waals surface area contributed by atoms with Crippen LogP contribution in [0.5, 0.6) is 11.5 Å². The summed E-state index contributed by atoms with van der Waals surface area (Å²) < 4.78 is 10.5. The van der Waals surface area contributed by atoms with Gasteiger partial charge in [0.05, 0.1) is 7.11 Å². The molecule has 1 aromatic rings. The Hall–Kier alpha value is -1.55. The van der Waals surface area contributed by atoms with E-state index in [-0.39, 0.29) is 11.7 Å². The van der Waals surface area contributed by atoms with Crippen LogP contribution in [0.4, 0.5) is 0 Å². The molecule has 1 fully saturated rings. The lowest BCUT2D eigenvalue weighted by atomic mass is 9.77. The lowest BCUT2D eigenvalue weighted by Crippen LogP contribution is -2.23. The zero-order chi connectivity index (χ0) is 14.2. The van der Waals surface area contributed by atoms with Gasteiger partial charge in [0, 0.05) is 42.3 Å². The third kappa shape index (κ3) is 2.59. The van der Waals surface area contributed by atoms with Crippen molar-refractivity contribution in [1.82, 2.24) is 0 Å². The van der Waals surface area contributed by atoms with Gasteiger partial charge in [-0.1, -0.05) is 11.6 Å². The molecule has 2 rings (SSSR count). The van der Waals surface area contributed by atoms with E-state index in [1.807, 2.05) is 6.92 Å². The second-order valence-corrected chi connectivity index (χ2v) is 5.07. The number of halogens is 1. The number of hydrogen-bond acceptors (Lipinski definition) is 4. The highest BCUT2D eigenvalue weighted by atomic mass is 35.5. The minimum absolute atomic E-state index is 0.0930. The summed E-state index contributed by atoms with van der Waals surface area (Å²) in [5.41, 5.74) is 1.73. The molecule has 1 aliphatic carbocycles. The molecule has 5 heteroatoms. The van der Waals surface area contributed by atoms with Crippen LogP contribution in [0.1, 0.15) is 36.8 Å². The predicted octanol–water partition coefficient (Wildman–Crippen LogP) is 3.03. The van der Waals surface area contributed by atoms with Gasteiger partial charge in [-0.15, -0.1) is 0 Å². The quantitative estimate of drug-likeness (QED) is 0.632. The van der Waals surface area contributed by atoms with Crippen LogP contribution >= 0.6 is 11.6 Å². The van der Waals surface area contributed by atoms with Gasteiger partial charge in [-0.2, -0.15) is 0 Å². The molecule has 0 radical (unpaired) electrons. The zero-order valence-corrected chi connectivity index (χ0v) is 11.8. The number of ketones is 1. The first-order valence-corrected chi connectivity index (χ1v) is 6.39. The van der Waals surface area contributed by atoms with Crippen LogP contribution in [-0.4, -0.2) is 18.9 Å². The van der Waals surface area contributed by atoms with Crippen LogP contribution in [0.15, 0.2) is 6.07 Å². The molecule has 0 aliphatic heterocycles. The van der Waals surface area contributed by atoms with Gasteiger partial charge in [-0.3, -0.25) is 9.59 Å². The molecule has 0 aromatic heterocycles. The van der Waals surface area contributed by atoms with Crippen molar-refractivity contribution in [3.63, 3.8) is 0 Å². The number of benzene rings is 1. The van der Waals surface area contributed by atoms with Crippen LogP contribution in [0.2, 0.25) is 5.02 Å². The number of esters is 1. The number of hydrogen-bond donors (Lipinski definition) is 0. The molecular weight excluding hydrogens is 268 g/mol. The van der Waals surface area contributed by atoms with Crippen molar-refractivity contribution in [3.8, 4) is 11.5 Å². The number of rotatable bonds is 3. The fourth-order valence-corrected chi connectivity index (χ4v) is 2.55. The smallest absolute Gasteiger partial charge is 0.308 e. The zero-order valence-electron chi connectivity index (χ0n) is 11.1. The standard InChI is InChI=1S/C14H15ClO4/c1-7-11(15)6-12(19-8(2)16)14(18-3)13(7)9-4-10(17)5-9/h6,9H,4-5H2,1-3H3. The second-order valence-electron chi connectivity index (χ2n) is 4.67. The van der Waals surface area contributed by atoms with Crippen molar-refractivity contribution in [3.05, 3.63) is 22.2 Å². The van der Waals surface area contributed by atoms with E-state index in [1.54, 1.807) is 6.07 Å². The maximum Gasteiger partial charge on any atom is 0.308 e. The first kappa shape index (κ1) is 13.9. The molecule has 0 bridgehead atoms. The van der Waals surface area contributed by atoms with Gasteiger partial charge < -0.3 is 9.47 Å². The molecule has 0 saturated heterocycles. The van der Waals surface area contributed by atoms with Gasteiger partial charge in [-0.25, -0.2) is 0 Å². The Bertz CT molecular complexity index is 543. The highest BCUT2D eigenvalue weighted by molar-refractivity contribution is 6.31. The SMILES string of the molecule is COc1c(OC(C)=O)cc(Cl)c(C)c1C1CC(=O)C1. The topological polar surface area (TPSA) is 52.6 Å². The predicted molar refractivity (Wildman–Crippen MR) is 71.0 cm³/mol. The number of carbonyl (C=O) groups excluding carboxylic acids is 2. The monoisotopic (exact) mass is 282 g/mol. The summed E-state index contributed by atoms with van der Waals surface area (Å²) >= 11 is 6.16. The first-order chi connectivity index (χ1) is 8.93. The highest BCUT2D eigenvalue weighted by Crippen LogP contribution is 2.47. The number of Topliss-reactive ketones (excluding diaryl/α,β-unsaturated/α-hetero) is 1.